The summed E-state index contributed by atoms with van der Waals surface area (Å²) in [6, 6.07) is 57.3. The Bertz CT molecular complexity index is 4370. The summed E-state index contributed by atoms with van der Waals surface area (Å²) in [7, 11) is -3.41. The minimum Gasteiger partial charge on any atom is -0.456 e. The van der Waals surface area contributed by atoms with Gasteiger partial charge >= 0.3 is 6.01 Å². The fourth-order valence-corrected chi connectivity index (χ4v) is 12.2. The average molecular weight is 1430 g/mol. The second-order valence-electron chi connectivity index (χ2n) is 17.7. The van der Waals surface area contributed by atoms with E-state index in [9.17, 15) is 18.0 Å². The number of carbonyl (C=O) groups is 2. The lowest BCUT2D eigenvalue weighted by atomic mass is 10.1. The lowest BCUT2D eigenvalue weighted by Gasteiger charge is -2.12. The summed E-state index contributed by atoms with van der Waals surface area (Å²) in [6.45, 7) is 2.49. The molecule has 4 aromatic heterocycles. The van der Waals surface area contributed by atoms with E-state index in [2.05, 4.69) is 167 Å². The Balaban J connectivity index is 0.000000172. The molecule has 0 bridgehead atoms. The van der Waals surface area contributed by atoms with Crippen LogP contribution in [-0.4, -0.2) is 94.5 Å². The van der Waals surface area contributed by atoms with Gasteiger partial charge in [-0.3, -0.25) is 27.9 Å². The molecule has 0 amide bonds. The minimum atomic E-state index is -3.41. The highest BCUT2D eigenvalue weighted by Gasteiger charge is 2.21. The van der Waals surface area contributed by atoms with Crippen LogP contribution in [0, 0.1) is 4.77 Å². The van der Waals surface area contributed by atoms with E-state index in [0.717, 1.165) is 69.5 Å². The lowest BCUT2D eigenvalue weighted by molar-refractivity contribution is -0.120. The van der Waals surface area contributed by atoms with Crippen molar-refractivity contribution in [2.24, 2.45) is 0 Å². The summed E-state index contributed by atoms with van der Waals surface area (Å²) in [6.07, 6.45) is 10.0. The maximum absolute atomic E-state index is 11.9. The van der Waals surface area contributed by atoms with Crippen molar-refractivity contribution in [2.75, 3.05) is 25.7 Å². The number of carbonyl (C=O) groups excluding carboxylic acids is 2. The highest BCUT2D eigenvalue weighted by molar-refractivity contribution is 9.11. The number of aromatic nitrogens is 8. The first-order chi connectivity index (χ1) is 39.0. The van der Waals surface area contributed by atoms with Gasteiger partial charge in [-0.15, -0.1) is 0 Å². The van der Waals surface area contributed by atoms with E-state index in [4.69, 9.17) is 22.1 Å². The summed E-state index contributed by atoms with van der Waals surface area (Å²) >= 11 is 20.9. The fourth-order valence-electron chi connectivity index (χ4n) is 8.46. The molecule has 83 heavy (non-hydrogen) atoms. The van der Waals surface area contributed by atoms with Crippen molar-refractivity contribution in [3.63, 3.8) is 0 Å². The molecule has 0 atom stereocenters. The predicted octanol–water partition coefficient (Wildman–Crippen LogP) is 15.3. The van der Waals surface area contributed by atoms with E-state index >= 15 is 0 Å². The zero-order valence-electron chi connectivity index (χ0n) is 44.2. The van der Waals surface area contributed by atoms with Crippen LogP contribution >= 0.6 is 87.7 Å². The average Bonchev–Trinajstić information content (AvgIpc) is 3.84. The molecule has 0 saturated heterocycles. The van der Waals surface area contributed by atoms with Gasteiger partial charge in [-0.25, -0.2) is 23.4 Å². The maximum atomic E-state index is 11.9. The number of fused-ring (bicyclic) bond motifs is 4. The highest BCUT2D eigenvalue weighted by Crippen LogP contribution is 2.33. The fraction of sp³-hybridized carbons (Fsp3) is 0.115. The molecule has 0 saturated carbocycles. The molecule has 0 unspecified atom stereocenters. The van der Waals surface area contributed by atoms with E-state index in [1.165, 1.54) is 41.6 Å². The van der Waals surface area contributed by atoms with Gasteiger partial charge < -0.3 is 20.3 Å². The number of nitrogens with one attached hydrogen (secondary N) is 1. The van der Waals surface area contributed by atoms with Crippen LogP contribution in [0.5, 0.6) is 6.01 Å². The van der Waals surface area contributed by atoms with E-state index in [0.29, 0.717) is 15.4 Å². The molecule has 4 heterocycles. The third-order valence-corrected chi connectivity index (χ3v) is 16.1. The number of H-pyrrole nitrogens is 1. The molecule has 0 aliphatic rings. The van der Waals surface area contributed by atoms with Crippen molar-refractivity contribution in [1.29, 1.82) is 0 Å². The SMILES string of the molecule is C.CC(=O)CO.CC(=O)COc1ncc(Br)n1-c1cccc2ccccc12.CS(=O)(=O)c1ncc(Br)n1-c1cccc2ccccc12.CSc1ncc(Br)n1-c1cccc2ccccc12.O.S=c1[nH]cc(Br)n1-c1cccc2ccccc12. The monoisotopic (exact) mass is 1420 g/mol. The van der Waals surface area contributed by atoms with Crippen LogP contribution in [0.15, 0.2) is 223 Å². The second-order valence-corrected chi connectivity index (χ2v) is 24.0. The summed E-state index contributed by atoms with van der Waals surface area (Å²) in [5.41, 5.74) is 3.98. The van der Waals surface area contributed by atoms with Gasteiger partial charge in [0.05, 0.1) is 41.3 Å². The van der Waals surface area contributed by atoms with Gasteiger partial charge in [0.15, 0.2) is 21.5 Å². The van der Waals surface area contributed by atoms with Gasteiger partial charge in [0, 0.05) is 34.0 Å². The number of aliphatic hydroxyl groups is 1. The summed E-state index contributed by atoms with van der Waals surface area (Å²) in [4.78, 5) is 36.3. The number of sulfone groups is 1. The van der Waals surface area contributed by atoms with Crippen molar-refractivity contribution in [3.05, 3.63) is 218 Å². The van der Waals surface area contributed by atoms with Crippen molar-refractivity contribution in [2.45, 2.75) is 31.6 Å². The number of ether oxygens (including phenoxy) is 1. The molecule has 0 aliphatic heterocycles. The van der Waals surface area contributed by atoms with Gasteiger partial charge in [0.2, 0.25) is 15.0 Å². The Labute approximate surface area is 523 Å². The first kappa shape index (κ1) is 65.3. The first-order valence-corrected chi connectivity index (χ1v) is 31.2. The van der Waals surface area contributed by atoms with Crippen LogP contribution in [0.25, 0.3) is 65.8 Å². The summed E-state index contributed by atoms with van der Waals surface area (Å²) in [5, 5.41) is 17.9. The number of Topliss-reactive ketones (excluding diaryl/α,β-unsaturated/α-hetero) is 2. The van der Waals surface area contributed by atoms with Gasteiger partial charge in [-0.05, 0) is 142 Å². The number of rotatable bonds is 10. The van der Waals surface area contributed by atoms with Crippen LogP contribution < -0.4 is 4.74 Å². The largest absolute Gasteiger partial charge is 0.456 e. The quantitative estimate of drug-likeness (QED) is 0.0974. The van der Waals surface area contributed by atoms with E-state index in [1.54, 1.807) is 22.5 Å². The third kappa shape index (κ3) is 15.7. The normalized spacial score (nSPS) is 10.7. The number of aliphatic hydroxyl groups excluding tert-OH is 1. The minimum absolute atomic E-state index is 0. The van der Waals surface area contributed by atoms with E-state index in [1.807, 2.05) is 119 Å². The van der Waals surface area contributed by atoms with Crippen LogP contribution in [-0.2, 0) is 19.4 Å². The molecule has 12 aromatic rings. The molecule has 15 nitrogen and oxygen atoms in total. The zero-order chi connectivity index (χ0) is 57.8. The van der Waals surface area contributed by atoms with Crippen molar-refractivity contribution in [3.8, 4) is 28.8 Å². The molecule has 0 radical (unpaired) electrons. The smallest absolute Gasteiger partial charge is 0.302 e. The van der Waals surface area contributed by atoms with Gasteiger partial charge in [-0.1, -0.05) is 165 Å². The Morgan fingerprint density at radius 2 is 0.916 bits per heavy atom. The van der Waals surface area contributed by atoms with Crippen molar-refractivity contribution >= 4 is 152 Å². The second kappa shape index (κ2) is 30.1. The number of thioether (sulfide) groups is 1. The number of hydrogen-bond donors (Lipinski definition) is 2. The summed E-state index contributed by atoms with van der Waals surface area (Å²) < 4.78 is 40.8. The number of aromatic amines is 1. The van der Waals surface area contributed by atoms with E-state index < -0.39 is 9.84 Å². The van der Waals surface area contributed by atoms with Crippen molar-refractivity contribution < 1.29 is 33.3 Å². The summed E-state index contributed by atoms with van der Waals surface area (Å²) in [5.74, 6) is -0.233. The van der Waals surface area contributed by atoms with Gasteiger partial charge in [-0.2, -0.15) is 0 Å². The number of ketones is 2. The molecular weight excluding hydrogens is 1370 g/mol. The first-order valence-electron chi connectivity index (χ1n) is 24.6. The zero-order valence-corrected chi connectivity index (χ0v) is 53.0. The topological polar surface area (TPSA) is 203 Å². The van der Waals surface area contributed by atoms with Gasteiger partial charge in [0.25, 0.3) is 0 Å². The molecule has 0 spiro atoms. The van der Waals surface area contributed by atoms with Crippen LogP contribution in [0.4, 0.5) is 0 Å². The lowest BCUT2D eigenvalue weighted by Crippen LogP contribution is -2.10. The van der Waals surface area contributed by atoms with Gasteiger partial charge in [0.1, 0.15) is 31.6 Å². The maximum Gasteiger partial charge on any atom is 0.302 e. The number of imidazole rings is 4. The Morgan fingerprint density at radius 1 is 0.554 bits per heavy atom. The molecule has 8 aromatic carbocycles. The molecular formula is C61H56Br4N8O7S3. The van der Waals surface area contributed by atoms with Crippen LogP contribution in [0.3, 0.4) is 0 Å². The molecule has 0 aliphatic carbocycles. The predicted molar refractivity (Wildman–Crippen MR) is 352 cm³/mol. The number of halogens is 4. The number of nitrogens with zero attached hydrogens (tertiary/aromatic N) is 7. The Hall–Kier alpha value is -6.86. The standard InChI is InChI=1S/C16H13BrN2O2.C14H11BrN2O2S.C14H11BrN2S.C13H9BrN2S.C3H6O2.CH4.H2O/c1-11(20)10-21-16-18-9-15(17)19(16)14-8-4-6-12-5-2-3-7-13(12)14;1-20(18,19)14-16-9-13(15)17(14)12-8-4-6-10-5-2-3-7-11(10)12;1-18-14-16-9-13(15)17(14)12-8-4-6-10-5-2-3-7-11(10)12;14-12-8-15-13(17)16(12)11-7-3-5-9-4-1-2-6-10(9)11;1-3(5)2-4;;/h2-9H,10H2,1H3;2-9H,1H3;2-9H,1H3;1-8H,(H,15,17);4H,2H2,1H3;1H4;1H2. The van der Waals surface area contributed by atoms with Crippen LogP contribution in [0.2, 0.25) is 0 Å². The van der Waals surface area contributed by atoms with Crippen molar-refractivity contribution in [1.82, 2.24) is 38.2 Å². The van der Waals surface area contributed by atoms with E-state index in [-0.39, 0.29) is 42.8 Å². The Morgan fingerprint density at radius 3 is 1.31 bits per heavy atom. The molecule has 22 heteroatoms. The Kier molecular flexibility index (Phi) is 23.7. The molecule has 12 rings (SSSR count). The molecule has 0 fully saturated rings. The number of hydrogen-bond acceptors (Lipinski definition) is 11. The molecule has 428 valence electrons. The highest BCUT2D eigenvalue weighted by atomic mass is 79.9. The van der Waals surface area contributed by atoms with Crippen LogP contribution in [0.1, 0.15) is 21.3 Å². The molecule has 4 N–H and O–H groups in total. The number of benzene rings is 8. The third-order valence-electron chi connectivity index (χ3n) is 12.0.